The number of alkyl halides is 3. The van der Waals surface area contributed by atoms with Crippen molar-refractivity contribution in [1.82, 2.24) is 4.31 Å². The molecule has 4 nitrogen and oxygen atoms in total. The van der Waals surface area contributed by atoms with Crippen LogP contribution in [0.2, 0.25) is 0 Å². The maximum absolute atomic E-state index is 12.8. The van der Waals surface area contributed by atoms with Crippen LogP contribution in [0.15, 0.2) is 18.2 Å². The third-order valence-corrected chi connectivity index (χ3v) is 3.45. The van der Waals surface area contributed by atoms with Crippen molar-refractivity contribution >= 4 is 15.9 Å². The summed E-state index contributed by atoms with van der Waals surface area (Å²) in [4.78, 5) is 0. The minimum absolute atomic E-state index is 0.230. The molecular weight excluding hydrogens is 276 g/mol. The molecule has 18 heavy (non-hydrogen) atoms. The van der Waals surface area contributed by atoms with Crippen molar-refractivity contribution in [3.8, 4) is 0 Å². The maximum atomic E-state index is 12.8. The number of rotatable bonds is 3. The van der Waals surface area contributed by atoms with Crippen molar-refractivity contribution < 1.29 is 26.0 Å². The molecule has 0 bridgehead atoms. The van der Waals surface area contributed by atoms with Gasteiger partial charge in [-0.15, -0.1) is 0 Å². The second-order valence-electron chi connectivity index (χ2n) is 3.58. The highest BCUT2D eigenvalue weighted by Gasteiger charge is 2.35. The Morgan fingerprint density at radius 2 is 1.78 bits per heavy atom. The predicted octanol–water partition coefficient (Wildman–Crippen LogP) is 2.06. The van der Waals surface area contributed by atoms with E-state index in [-0.39, 0.29) is 6.07 Å². The summed E-state index contributed by atoms with van der Waals surface area (Å²) in [5.41, 5.74) is -2.11. The summed E-state index contributed by atoms with van der Waals surface area (Å²) in [6.07, 6.45) is -4.85. The van der Waals surface area contributed by atoms with Gasteiger partial charge < -0.3 is 0 Å². The fourth-order valence-corrected chi connectivity index (χ4v) is 1.71. The van der Waals surface area contributed by atoms with Gasteiger partial charge in [-0.05, 0) is 18.2 Å². The van der Waals surface area contributed by atoms with E-state index in [0.29, 0.717) is 4.31 Å². The van der Waals surface area contributed by atoms with Gasteiger partial charge in [-0.1, -0.05) is 0 Å². The molecule has 1 N–H and O–H groups in total. The summed E-state index contributed by atoms with van der Waals surface area (Å²) in [7, 11) is -1.78. The Balaban J connectivity index is 3.27. The van der Waals surface area contributed by atoms with Crippen molar-refractivity contribution in [2.75, 3.05) is 18.8 Å². The van der Waals surface area contributed by atoms with E-state index >= 15 is 0 Å². The lowest BCUT2D eigenvalue weighted by atomic mass is 10.2. The largest absolute Gasteiger partial charge is 0.418 e. The van der Waals surface area contributed by atoms with E-state index in [4.69, 9.17) is 0 Å². The van der Waals surface area contributed by atoms with Gasteiger partial charge in [-0.3, -0.25) is 4.72 Å². The summed E-state index contributed by atoms with van der Waals surface area (Å²) < 4.78 is 75.8. The van der Waals surface area contributed by atoms with Crippen molar-refractivity contribution in [2.45, 2.75) is 6.18 Å². The smallest absolute Gasteiger partial charge is 0.270 e. The molecule has 0 aliphatic carbocycles. The quantitative estimate of drug-likeness (QED) is 0.865. The first-order chi connectivity index (χ1) is 8.04. The lowest BCUT2D eigenvalue weighted by Crippen LogP contribution is -2.30. The third-order valence-electron chi connectivity index (χ3n) is 2.01. The zero-order valence-electron chi connectivity index (χ0n) is 9.42. The van der Waals surface area contributed by atoms with Crippen LogP contribution >= 0.6 is 0 Å². The number of anilines is 1. The zero-order valence-corrected chi connectivity index (χ0v) is 10.2. The van der Waals surface area contributed by atoms with Crippen LogP contribution < -0.4 is 4.72 Å². The Kier molecular flexibility index (Phi) is 3.86. The number of nitrogens with zero attached hydrogens (tertiary/aromatic N) is 1. The molecule has 1 rings (SSSR count). The summed E-state index contributed by atoms with van der Waals surface area (Å²) in [6.45, 7) is 0. The van der Waals surface area contributed by atoms with E-state index in [9.17, 15) is 26.0 Å². The highest BCUT2D eigenvalue weighted by atomic mass is 32.2. The molecule has 102 valence electrons. The van der Waals surface area contributed by atoms with Gasteiger partial charge in [0.1, 0.15) is 5.82 Å². The summed E-state index contributed by atoms with van der Waals surface area (Å²) in [5.74, 6) is -1.10. The molecule has 1 aromatic rings. The highest BCUT2D eigenvalue weighted by Crippen LogP contribution is 2.35. The molecular formula is C9H10F4N2O2S. The van der Waals surface area contributed by atoms with E-state index in [0.717, 1.165) is 26.2 Å². The van der Waals surface area contributed by atoms with E-state index < -0.39 is 33.5 Å². The van der Waals surface area contributed by atoms with Crippen molar-refractivity contribution in [1.29, 1.82) is 0 Å². The SMILES string of the molecule is CN(C)S(=O)(=O)Nc1ccc(F)cc1C(F)(F)F. The summed E-state index contributed by atoms with van der Waals surface area (Å²) in [5, 5.41) is 0. The molecule has 9 heteroatoms. The standard InChI is InChI=1S/C9H10F4N2O2S/c1-15(2)18(16,17)14-8-4-3-6(10)5-7(8)9(11,12)13/h3-5,14H,1-2H3. The monoisotopic (exact) mass is 286 g/mol. The van der Waals surface area contributed by atoms with Crippen LogP contribution in [-0.2, 0) is 16.4 Å². The molecule has 0 atom stereocenters. The van der Waals surface area contributed by atoms with Crippen LogP contribution in [0.3, 0.4) is 0 Å². The Morgan fingerprint density at radius 3 is 2.22 bits per heavy atom. The van der Waals surface area contributed by atoms with Gasteiger partial charge in [-0.2, -0.15) is 25.9 Å². The van der Waals surface area contributed by atoms with Crippen LogP contribution in [0.4, 0.5) is 23.2 Å². The van der Waals surface area contributed by atoms with E-state index in [1.165, 1.54) is 0 Å². The molecule has 0 unspecified atom stereocenters. The summed E-state index contributed by atoms with van der Waals surface area (Å²) >= 11 is 0. The van der Waals surface area contributed by atoms with E-state index in [1.807, 2.05) is 0 Å². The Labute approximate surface area is 101 Å². The minimum Gasteiger partial charge on any atom is -0.270 e. The molecule has 0 fully saturated rings. The van der Waals surface area contributed by atoms with Crippen LogP contribution in [-0.4, -0.2) is 26.8 Å². The first kappa shape index (κ1) is 14.7. The second kappa shape index (κ2) is 4.73. The average Bonchev–Trinajstić information content (AvgIpc) is 2.18. The molecule has 0 saturated heterocycles. The topological polar surface area (TPSA) is 49.4 Å². The van der Waals surface area contributed by atoms with Gasteiger partial charge in [0.25, 0.3) is 0 Å². The molecule has 0 heterocycles. The van der Waals surface area contributed by atoms with Crippen molar-refractivity contribution in [2.24, 2.45) is 0 Å². The first-order valence-corrected chi connectivity index (χ1v) is 6.05. The van der Waals surface area contributed by atoms with Gasteiger partial charge in [-0.25, -0.2) is 4.39 Å². The predicted molar refractivity (Wildman–Crippen MR) is 57.6 cm³/mol. The molecule has 0 aliphatic heterocycles. The van der Waals surface area contributed by atoms with Crippen LogP contribution in [0.5, 0.6) is 0 Å². The van der Waals surface area contributed by atoms with E-state index in [1.54, 1.807) is 4.72 Å². The molecule has 0 radical (unpaired) electrons. The van der Waals surface area contributed by atoms with E-state index in [2.05, 4.69) is 0 Å². The van der Waals surface area contributed by atoms with Crippen molar-refractivity contribution in [3.63, 3.8) is 0 Å². The molecule has 0 amide bonds. The lowest BCUT2D eigenvalue weighted by molar-refractivity contribution is -0.137. The van der Waals surface area contributed by atoms with Gasteiger partial charge in [0.05, 0.1) is 11.3 Å². The summed E-state index contributed by atoms with van der Waals surface area (Å²) in [6, 6.07) is 1.69. The first-order valence-electron chi connectivity index (χ1n) is 4.61. The van der Waals surface area contributed by atoms with Gasteiger partial charge in [0, 0.05) is 14.1 Å². The molecule has 0 spiro atoms. The molecule has 0 saturated carbocycles. The Morgan fingerprint density at radius 1 is 1.22 bits per heavy atom. The number of nitrogens with one attached hydrogen (secondary N) is 1. The fraction of sp³-hybridized carbons (Fsp3) is 0.333. The maximum Gasteiger partial charge on any atom is 0.418 e. The van der Waals surface area contributed by atoms with Crippen LogP contribution in [0.1, 0.15) is 5.56 Å². The highest BCUT2D eigenvalue weighted by molar-refractivity contribution is 7.90. The number of halogens is 4. The molecule has 1 aromatic carbocycles. The lowest BCUT2D eigenvalue weighted by Gasteiger charge is -2.17. The normalized spacial score (nSPS) is 12.8. The van der Waals surface area contributed by atoms with Gasteiger partial charge in [0.15, 0.2) is 0 Å². The third kappa shape index (κ3) is 3.33. The zero-order chi connectivity index (χ0) is 14.1. The number of hydrogen-bond acceptors (Lipinski definition) is 2. The minimum atomic E-state index is -4.85. The van der Waals surface area contributed by atoms with Crippen LogP contribution in [0.25, 0.3) is 0 Å². The Hall–Kier alpha value is -1.35. The van der Waals surface area contributed by atoms with Gasteiger partial charge in [0.2, 0.25) is 0 Å². The number of hydrogen-bond donors (Lipinski definition) is 1. The average molecular weight is 286 g/mol. The van der Waals surface area contributed by atoms with Crippen molar-refractivity contribution in [3.05, 3.63) is 29.6 Å². The molecule has 0 aliphatic rings. The van der Waals surface area contributed by atoms with Crippen LogP contribution in [0, 0.1) is 5.82 Å². The number of benzene rings is 1. The second-order valence-corrected chi connectivity index (χ2v) is 5.46. The van der Waals surface area contributed by atoms with Gasteiger partial charge >= 0.3 is 16.4 Å². The fourth-order valence-electron chi connectivity index (χ4n) is 1.07. The Bertz CT molecular complexity index is 540. The molecule has 0 aromatic heterocycles.